The van der Waals surface area contributed by atoms with Crippen LogP contribution in [0.4, 0.5) is 15.2 Å². The number of carbonyl (C=O) groups is 1. The minimum Gasteiger partial charge on any atom is -0.477 e. The van der Waals surface area contributed by atoms with Crippen molar-refractivity contribution in [3.63, 3.8) is 0 Å². The van der Waals surface area contributed by atoms with E-state index in [0.717, 1.165) is 11.3 Å². The van der Waals surface area contributed by atoms with Gasteiger partial charge in [-0.1, -0.05) is 17.4 Å². The molecule has 0 fully saturated rings. The maximum Gasteiger partial charge on any atom is 0.347 e. The highest BCUT2D eigenvalue weighted by Crippen LogP contribution is 2.27. The average Bonchev–Trinajstić information content (AvgIpc) is 2.66. The number of thiazole rings is 1. The summed E-state index contributed by atoms with van der Waals surface area (Å²) in [5.74, 6) is -1.32. The van der Waals surface area contributed by atoms with E-state index in [1.807, 2.05) is 0 Å². The zero-order valence-electron chi connectivity index (χ0n) is 9.82. The Bertz CT molecular complexity index is 610. The molecule has 1 aromatic heterocycles. The lowest BCUT2D eigenvalue weighted by Gasteiger charge is -2.06. The Hall–Kier alpha value is -1.95. The zero-order valence-corrected chi connectivity index (χ0v) is 10.6. The van der Waals surface area contributed by atoms with Crippen molar-refractivity contribution < 1.29 is 14.3 Å². The van der Waals surface area contributed by atoms with E-state index in [2.05, 4.69) is 10.3 Å². The first-order valence-electron chi connectivity index (χ1n) is 5.22. The van der Waals surface area contributed by atoms with Crippen LogP contribution in [0.5, 0.6) is 0 Å². The smallest absolute Gasteiger partial charge is 0.347 e. The quantitative estimate of drug-likeness (QED) is 0.894. The molecule has 0 saturated heterocycles. The summed E-state index contributed by atoms with van der Waals surface area (Å²) in [6, 6.07) is 4.68. The number of nitrogens with one attached hydrogen (secondary N) is 1. The molecule has 0 saturated carbocycles. The van der Waals surface area contributed by atoms with Crippen LogP contribution in [-0.2, 0) is 0 Å². The predicted molar refractivity (Wildman–Crippen MR) is 68.2 cm³/mol. The van der Waals surface area contributed by atoms with E-state index in [0.29, 0.717) is 22.1 Å². The van der Waals surface area contributed by atoms with Crippen molar-refractivity contribution in [1.29, 1.82) is 0 Å². The van der Waals surface area contributed by atoms with Gasteiger partial charge in [0.25, 0.3) is 0 Å². The maximum absolute atomic E-state index is 13.3. The number of carboxylic acid groups (broad SMARTS) is 1. The number of halogens is 1. The van der Waals surface area contributed by atoms with Gasteiger partial charge in [-0.3, -0.25) is 0 Å². The number of anilines is 2. The van der Waals surface area contributed by atoms with Gasteiger partial charge in [-0.25, -0.2) is 14.2 Å². The van der Waals surface area contributed by atoms with E-state index in [4.69, 9.17) is 5.11 Å². The van der Waals surface area contributed by atoms with Crippen LogP contribution in [0.2, 0.25) is 0 Å². The summed E-state index contributed by atoms with van der Waals surface area (Å²) in [7, 11) is 0. The molecule has 0 aliphatic rings. The monoisotopic (exact) mass is 266 g/mol. The Morgan fingerprint density at radius 1 is 1.44 bits per heavy atom. The third kappa shape index (κ3) is 2.33. The second-order valence-corrected chi connectivity index (χ2v) is 4.78. The molecule has 4 nitrogen and oxygen atoms in total. The number of carboxylic acids is 1. The number of aromatic carboxylic acids is 1. The van der Waals surface area contributed by atoms with Gasteiger partial charge in [0, 0.05) is 11.3 Å². The number of aryl methyl sites for hydroxylation is 1. The molecule has 18 heavy (non-hydrogen) atoms. The SMILES string of the molecule is Cc1nc(Nc2cccc(F)c2C)sc1C(=O)O. The van der Waals surface area contributed by atoms with E-state index in [1.54, 1.807) is 26.0 Å². The van der Waals surface area contributed by atoms with Gasteiger partial charge in [-0.15, -0.1) is 0 Å². The maximum atomic E-state index is 13.3. The van der Waals surface area contributed by atoms with Crippen LogP contribution in [0.25, 0.3) is 0 Å². The fourth-order valence-electron chi connectivity index (χ4n) is 1.51. The molecule has 0 spiro atoms. The van der Waals surface area contributed by atoms with E-state index in [-0.39, 0.29) is 10.7 Å². The molecule has 2 rings (SSSR count). The van der Waals surface area contributed by atoms with Crippen molar-refractivity contribution in [3.8, 4) is 0 Å². The third-order valence-corrected chi connectivity index (χ3v) is 3.56. The normalized spacial score (nSPS) is 10.4. The highest BCUT2D eigenvalue weighted by atomic mass is 32.1. The van der Waals surface area contributed by atoms with E-state index in [1.165, 1.54) is 6.07 Å². The van der Waals surface area contributed by atoms with Crippen LogP contribution in [0.3, 0.4) is 0 Å². The van der Waals surface area contributed by atoms with E-state index in [9.17, 15) is 9.18 Å². The van der Waals surface area contributed by atoms with Crippen molar-refractivity contribution >= 4 is 28.1 Å². The lowest BCUT2D eigenvalue weighted by Crippen LogP contribution is -1.94. The first-order chi connectivity index (χ1) is 8.49. The molecular weight excluding hydrogens is 255 g/mol. The summed E-state index contributed by atoms with van der Waals surface area (Å²) in [6.45, 7) is 3.28. The number of aromatic nitrogens is 1. The summed E-state index contributed by atoms with van der Waals surface area (Å²) in [6.07, 6.45) is 0. The number of hydrogen-bond donors (Lipinski definition) is 2. The summed E-state index contributed by atoms with van der Waals surface area (Å²) in [5.41, 5.74) is 1.51. The molecule has 94 valence electrons. The molecule has 0 aliphatic carbocycles. The molecule has 0 atom stereocenters. The van der Waals surface area contributed by atoms with Gasteiger partial charge in [0.05, 0.1) is 5.69 Å². The number of benzene rings is 1. The van der Waals surface area contributed by atoms with Gasteiger partial charge in [-0.2, -0.15) is 0 Å². The molecule has 0 unspecified atom stereocenters. The number of nitrogens with zero attached hydrogens (tertiary/aromatic N) is 1. The fourth-order valence-corrected chi connectivity index (χ4v) is 2.32. The van der Waals surface area contributed by atoms with Crippen molar-refractivity contribution in [2.75, 3.05) is 5.32 Å². The lowest BCUT2D eigenvalue weighted by molar-refractivity contribution is 0.0701. The third-order valence-electron chi connectivity index (χ3n) is 2.50. The van der Waals surface area contributed by atoms with E-state index < -0.39 is 5.97 Å². The largest absolute Gasteiger partial charge is 0.477 e. The lowest BCUT2D eigenvalue weighted by atomic mass is 10.2. The van der Waals surface area contributed by atoms with Gasteiger partial charge in [0.2, 0.25) is 0 Å². The Morgan fingerprint density at radius 3 is 2.78 bits per heavy atom. The van der Waals surface area contributed by atoms with Crippen LogP contribution in [0.15, 0.2) is 18.2 Å². The molecule has 2 aromatic rings. The highest BCUT2D eigenvalue weighted by molar-refractivity contribution is 7.17. The molecule has 0 radical (unpaired) electrons. The van der Waals surface area contributed by atoms with Gasteiger partial charge in [0.15, 0.2) is 5.13 Å². The number of hydrogen-bond acceptors (Lipinski definition) is 4. The summed E-state index contributed by atoms with van der Waals surface area (Å²) in [4.78, 5) is 15.2. The van der Waals surface area contributed by atoms with Crippen molar-refractivity contribution in [3.05, 3.63) is 40.2 Å². The Balaban J connectivity index is 2.32. The average molecular weight is 266 g/mol. The van der Waals surface area contributed by atoms with Crippen LogP contribution in [0.1, 0.15) is 20.9 Å². The molecule has 0 aliphatic heterocycles. The summed E-state index contributed by atoms with van der Waals surface area (Å²) >= 11 is 1.03. The van der Waals surface area contributed by atoms with Crippen molar-refractivity contribution in [2.24, 2.45) is 0 Å². The number of rotatable bonds is 3. The minimum atomic E-state index is -1.01. The topological polar surface area (TPSA) is 62.2 Å². The summed E-state index contributed by atoms with van der Waals surface area (Å²) < 4.78 is 13.3. The van der Waals surface area contributed by atoms with Crippen LogP contribution >= 0.6 is 11.3 Å². The van der Waals surface area contributed by atoms with Gasteiger partial charge in [0.1, 0.15) is 10.7 Å². The molecule has 0 bridgehead atoms. The van der Waals surface area contributed by atoms with Crippen LogP contribution < -0.4 is 5.32 Å². The Kier molecular flexibility index (Phi) is 3.29. The second-order valence-electron chi connectivity index (χ2n) is 3.78. The van der Waals surface area contributed by atoms with E-state index >= 15 is 0 Å². The Labute approximate surface area is 107 Å². The molecule has 6 heteroatoms. The first-order valence-corrected chi connectivity index (χ1v) is 6.03. The van der Waals surface area contributed by atoms with Gasteiger partial charge < -0.3 is 10.4 Å². The minimum absolute atomic E-state index is 0.187. The standard InChI is InChI=1S/C12H11FN2O2S/c1-6-8(13)4-3-5-9(6)15-12-14-7(2)10(18-12)11(16)17/h3-5H,1-2H3,(H,14,15)(H,16,17). The van der Waals surface area contributed by atoms with Gasteiger partial charge >= 0.3 is 5.97 Å². The summed E-state index contributed by atoms with van der Waals surface area (Å²) in [5, 5.41) is 12.3. The second kappa shape index (κ2) is 4.73. The molecule has 2 N–H and O–H groups in total. The van der Waals surface area contributed by atoms with Gasteiger partial charge in [-0.05, 0) is 26.0 Å². The molecular formula is C12H11FN2O2S. The zero-order chi connectivity index (χ0) is 13.3. The Morgan fingerprint density at radius 2 is 2.17 bits per heavy atom. The molecule has 1 aromatic carbocycles. The molecule has 0 amide bonds. The highest BCUT2D eigenvalue weighted by Gasteiger charge is 2.14. The molecule has 1 heterocycles. The fraction of sp³-hybridized carbons (Fsp3) is 0.167. The van der Waals surface area contributed by atoms with Crippen LogP contribution in [-0.4, -0.2) is 16.1 Å². The van der Waals surface area contributed by atoms with Crippen molar-refractivity contribution in [1.82, 2.24) is 4.98 Å². The van der Waals surface area contributed by atoms with Crippen LogP contribution in [0, 0.1) is 19.7 Å². The van der Waals surface area contributed by atoms with Crippen molar-refractivity contribution in [2.45, 2.75) is 13.8 Å². The first kappa shape index (κ1) is 12.5. The predicted octanol–water partition coefficient (Wildman–Crippen LogP) is 3.34.